The standard InChI is InChI=1S/C34H30N4O2S/c1-39-21-11-20-38-33(30-23-32(26-13-4-2-5-14-26)35-31-19-9-8-18-29(30)31)36-37-34(38)41-24-25-12-10-17-28(22-25)40-27-15-6-3-7-16-27/h2-10,12-19,22-23H,11,20-21,24H2,1H3. The minimum Gasteiger partial charge on any atom is -0.457 e. The summed E-state index contributed by atoms with van der Waals surface area (Å²) in [7, 11) is 1.73. The Kier molecular flexibility index (Phi) is 8.35. The smallest absolute Gasteiger partial charge is 0.191 e. The molecule has 0 saturated carbocycles. The number of benzene rings is 4. The van der Waals surface area contributed by atoms with Crippen molar-refractivity contribution in [2.75, 3.05) is 13.7 Å². The number of rotatable bonds is 11. The van der Waals surface area contributed by atoms with Gasteiger partial charge in [-0.1, -0.05) is 90.6 Å². The monoisotopic (exact) mass is 558 g/mol. The second-order valence-electron chi connectivity index (χ2n) is 9.59. The van der Waals surface area contributed by atoms with Crippen molar-refractivity contribution in [2.24, 2.45) is 0 Å². The van der Waals surface area contributed by atoms with Crippen molar-refractivity contribution in [3.05, 3.63) is 121 Å². The lowest BCUT2D eigenvalue weighted by molar-refractivity contribution is 0.189. The number of methoxy groups -OCH3 is 1. The topological polar surface area (TPSA) is 62.1 Å². The number of hydrogen-bond acceptors (Lipinski definition) is 6. The van der Waals surface area contributed by atoms with E-state index in [4.69, 9.17) is 19.6 Å². The van der Waals surface area contributed by atoms with Gasteiger partial charge in [0.2, 0.25) is 0 Å². The fourth-order valence-corrected chi connectivity index (χ4v) is 5.66. The predicted octanol–water partition coefficient (Wildman–Crippen LogP) is 8.28. The Morgan fingerprint density at radius 1 is 0.756 bits per heavy atom. The third-order valence-corrected chi connectivity index (χ3v) is 7.76. The van der Waals surface area contributed by atoms with Crippen LogP contribution in [0, 0.1) is 0 Å². The number of fused-ring (bicyclic) bond motifs is 1. The number of ether oxygens (including phenoxy) is 2. The third kappa shape index (κ3) is 6.32. The molecule has 0 aliphatic carbocycles. The van der Waals surface area contributed by atoms with Crippen LogP contribution in [0.1, 0.15) is 12.0 Å². The van der Waals surface area contributed by atoms with Crippen molar-refractivity contribution in [3.8, 4) is 34.1 Å². The van der Waals surface area contributed by atoms with E-state index in [0.717, 1.165) is 74.5 Å². The molecule has 0 bridgehead atoms. The molecule has 0 radical (unpaired) electrons. The van der Waals surface area contributed by atoms with Crippen LogP contribution in [0.2, 0.25) is 0 Å². The normalized spacial score (nSPS) is 11.1. The molecule has 0 unspecified atom stereocenters. The largest absolute Gasteiger partial charge is 0.457 e. The number of nitrogens with zero attached hydrogens (tertiary/aromatic N) is 4. The van der Waals surface area contributed by atoms with E-state index >= 15 is 0 Å². The third-order valence-electron chi connectivity index (χ3n) is 6.72. The Morgan fingerprint density at radius 2 is 1.51 bits per heavy atom. The van der Waals surface area contributed by atoms with Gasteiger partial charge in [0.05, 0.1) is 11.2 Å². The second-order valence-corrected chi connectivity index (χ2v) is 10.5. The number of hydrogen-bond donors (Lipinski definition) is 0. The van der Waals surface area contributed by atoms with E-state index in [1.807, 2.05) is 72.8 Å². The van der Waals surface area contributed by atoms with Crippen LogP contribution in [0.15, 0.2) is 120 Å². The lowest BCUT2D eigenvalue weighted by Gasteiger charge is -2.13. The van der Waals surface area contributed by atoms with Gasteiger partial charge in [-0.3, -0.25) is 0 Å². The van der Waals surface area contributed by atoms with Gasteiger partial charge in [0.1, 0.15) is 11.5 Å². The highest BCUT2D eigenvalue weighted by Crippen LogP contribution is 2.34. The number of pyridine rings is 1. The zero-order valence-electron chi connectivity index (χ0n) is 22.8. The van der Waals surface area contributed by atoms with Crippen LogP contribution in [0.5, 0.6) is 11.5 Å². The summed E-state index contributed by atoms with van der Waals surface area (Å²) in [5, 5.41) is 11.3. The van der Waals surface area contributed by atoms with Gasteiger partial charge < -0.3 is 14.0 Å². The maximum Gasteiger partial charge on any atom is 0.191 e. The van der Waals surface area contributed by atoms with Crippen LogP contribution < -0.4 is 4.74 Å². The fourth-order valence-electron chi connectivity index (χ4n) is 4.75. The molecule has 6 nitrogen and oxygen atoms in total. The zero-order valence-corrected chi connectivity index (χ0v) is 23.6. The quantitative estimate of drug-likeness (QED) is 0.118. The summed E-state index contributed by atoms with van der Waals surface area (Å²) in [5.74, 6) is 3.20. The van der Waals surface area contributed by atoms with Crippen molar-refractivity contribution < 1.29 is 9.47 Å². The van der Waals surface area contributed by atoms with E-state index in [1.54, 1.807) is 18.9 Å². The molecule has 0 spiro atoms. The van der Waals surface area contributed by atoms with E-state index in [1.165, 1.54) is 0 Å². The van der Waals surface area contributed by atoms with Gasteiger partial charge in [0.25, 0.3) is 0 Å². The SMILES string of the molecule is COCCCn1c(SCc2cccc(Oc3ccccc3)c2)nnc1-c1cc(-c2ccccc2)nc2ccccc12. The van der Waals surface area contributed by atoms with Gasteiger partial charge in [-0.25, -0.2) is 4.98 Å². The Bertz CT molecular complexity index is 1740. The van der Waals surface area contributed by atoms with Crippen LogP contribution in [0.25, 0.3) is 33.5 Å². The first kappa shape index (κ1) is 26.7. The van der Waals surface area contributed by atoms with Gasteiger partial charge in [-0.05, 0) is 48.4 Å². The highest BCUT2D eigenvalue weighted by Gasteiger charge is 2.18. The van der Waals surface area contributed by atoms with Crippen molar-refractivity contribution in [2.45, 2.75) is 23.9 Å². The molecule has 2 aromatic heterocycles. The van der Waals surface area contributed by atoms with Gasteiger partial charge in [0.15, 0.2) is 11.0 Å². The molecule has 6 rings (SSSR count). The Labute approximate surface area is 244 Å². The second kappa shape index (κ2) is 12.8. The van der Waals surface area contributed by atoms with Crippen molar-refractivity contribution in [3.63, 3.8) is 0 Å². The van der Waals surface area contributed by atoms with Crippen LogP contribution in [0.4, 0.5) is 0 Å². The van der Waals surface area contributed by atoms with E-state index < -0.39 is 0 Å². The molecular weight excluding hydrogens is 528 g/mol. The minimum atomic E-state index is 0.660. The summed E-state index contributed by atoms with van der Waals surface area (Å²) in [6.45, 7) is 1.40. The molecule has 7 heteroatoms. The molecule has 4 aromatic carbocycles. The summed E-state index contributed by atoms with van der Waals surface area (Å²) in [6.07, 6.45) is 0.851. The van der Waals surface area contributed by atoms with Crippen LogP contribution in [-0.2, 0) is 17.0 Å². The highest BCUT2D eigenvalue weighted by molar-refractivity contribution is 7.98. The molecule has 41 heavy (non-hydrogen) atoms. The van der Waals surface area contributed by atoms with Crippen LogP contribution in [0.3, 0.4) is 0 Å². The maximum atomic E-state index is 6.05. The number of thioether (sulfide) groups is 1. The van der Waals surface area contributed by atoms with E-state index in [9.17, 15) is 0 Å². The lowest BCUT2D eigenvalue weighted by Crippen LogP contribution is -2.06. The first-order valence-corrected chi connectivity index (χ1v) is 14.6. The van der Waals surface area contributed by atoms with Crippen molar-refractivity contribution >= 4 is 22.7 Å². The first-order chi connectivity index (χ1) is 20.3. The van der Waals surface area contributed by atoms with Crippen LogP contribution >= 0.6 is 11.8 Å². The molecular formula is C34H30N4O2S. The van der Waals surface area contributed by atoms with Crippen molar-refractivity contribution in [1.82, 2.24) is 19.7 Å². The van der Waals surface area contributed by atoms with Crippen LogP contribution in [-0.4, -0.2) is 33.5 Å². The highest BCUT2D eigenvalue weighted by atomic mass is 32.2. The molecule has 0 amide bonds. The molecule has 0 aliphatic rings. The van der Waals surface area contributed by atoms with Gasteiger partial charge in [-0.2, -0.15) is 0 Å². The summed E-state index contributed by atoms with van der Waals surface area (Å²) in [6, 6.07) is 38.6. The minimum absolute atomic E-state index is 0.660. The van der Waals surface area contributed by atoms with E-state index in [0.29, 0.717) is 6.61 Å². The van der Waals surface area contributed by atoms with Crippen molar-refractivity contribution in [1.29, 1.82) is 0 Å². The number of para-hydroxylation sites is 2. The molecule has 204 valence electrons. The van der Waals surface area contributed by atoms with Gasteiger partial charge in [0, 0.05) is 42.5 Å². The Morgan fingerprint density at radius 3 is 2.34 bits per heavy atom. The maximum absolute atomic E-state index is 6.05. The molecule has 0 fully saturated rings. The Balaban J connectivity index is 1.33. The summed E-state index contributed by atoms with van der Waals surface area (Å²) in [5.41, 5.74) is 5.08. The zero-order chi connectivity index (χ0) is 27.9. The Hall–Kier alpha value is -4.46. The summed E-state index contributed by atoms with van der Waals surface area (Å²) < 4.78 is 13.6. The molecule has 0 saturated heterocycles. The molecule has 6 aromatic rings. The molecule has 0 N–H and O–H groups in total. The molecule has 0 aliphatic heterocycles. The average molecular weight is 559 g/mol. The average Bonchev–Trinajstić information content (AvgIpc) is 3.43. The summed E-state index contributed by atoms with van der Waals surface area (Å²) >= 11 is 1.67. The molecule has 0 atom stereocenters. The first-order valence-electron chi connectivity index (χ1n) is 13.6. The van der Waals surface area contributed by atoms with E-state index in [-0.39, 0.29) is 0 Å². The summed E-state index contributed by atoms with van der Waals surface area (Å²) in [4.78, 5) is 4.96. The van der Waals surface area contributed by atoms with E-state index in [2.05, 4.69) is 52.1 Å². The van der Waals surface area contributed by atoms with Gasteiger partial charge >= 0.3 is 0 Å². The van der Waals surface area contributed by atoms with Gasteiger partial charge in [-0.15, -0.1) is 10.2 Å². The predicted molar refractivity (Wildman–Crippen MR) is 165 cm³/mol. The molecule has 2 heterocycles. The fraction of sp³-hybridized carbons (Fsp3) is 0.147. The lowest BCUT2D eigenvalue weighted by atomic mass is 10.0. The number of aromatic nitrogens is 4.